The van der Waals surface area contributed by atoms with E-state index in [1.165, 1.54) is 0 Å². The monoisotopic (exact) mass is 204 g/mol. The molecule has 1 aliphatic rings. The van der Waals surface area contributed by atoms with Crippen LogP contribution in [-0.2, 0) is 19.1 Å². The molecule has 1 heterocycles. The first-order chi connectivity index (χ1) is 6.61. The first-order valence-corrected chi connectivity index (χ1v) is 4.26. The smallest absolute Gasteiger partial charge is 0.317 e. The fourth-order valence-electron chi connectivity index (χ4n) is 1.24. The molecule has 1 rings (SSSR count). The van der Waals surface area contributed by atoms with E-state index in [1.54, 1.807) is 0 Å². The Morgan fingerprint density at radius 2 is 1.93 bits per heavy atom. The summed E-state index contributed by atoms with van der Waals surface area (Å²) in [7, 11) is 0. The Balaban J connectivity index is 2.45. The Kier molecular flexibility index (Phi) is 3.84. The van der Waals surface area contributed by atoms with Crippen LogP contribution in [0.25, 0.3) is 0 Å². The van der Waals surface area contributed by atoms with Crippen LogP contribution < -0.4 is 0 Å². The molecule has 0 bridgehead atoms. The van der Waals surface area contributed by atoms with Gasteiger partial charge in [-0.15, -0.1) is 0 Å². The zero-order chi connectivity index (χ0) is 10.6. The lowest BCUT2D eigenvalue weighted by molar-refractivity contribution is -0.159. The molecule has 0 aliphatic carbocycles. The van der Waals surface area contributed by atoms with Gasteiger partial charge in [-0.1, -0.05) is 0 Å². The summed E-state index contributed by atoms with van der Waals surface area (Å²) in [5.74, 6) is -4.10. The van der Waals surface area contributed by atoms with Gasteiger partial charge >= 0.3 is 11.9 Å². The second-order valence-corrected chi connectivity index (χ2v) is 3.03. The van der Waals surface area contributed by atoms with Crippen LogP contribution in [-0.4, -0.2) is 48.1 Å². The average molecular weight is 204 g/mol. The maximum atomic E-state index is 10.5. The van der Waals surface area contributed by atoms with Crippen molar-refractivity contribution in [3.63, 3.8) is 0 Å². The van der Waals surface area contributed by atoms with Gasteiger partial charge in [0.25, 0.3) is 0 Å². The maximum absolute atomic E-state index is 10.5. The molecule has 1 unspecified atom stereocenters. The fourth-order valence-corrected chi connectivity index (χ4v) is 1.24. The van der Waals surface area contributed by atoms with Crippen LogP contribution in [0.1, 0.15) is 6.42 Å². The first-order valence-electron chi connectivity index (χ1n) is 4.26. The topological polar surface area (TPSA) is 93.1 Å². The third-order valence-corrected chi connectivity index (χ3v) is 1.98. The second kappa shape index (κ2) is 4.92. The molecule has 0 aromatic heterocycles. The molecule has 1 atom stereocenters. The zero-order valence-corrected chi connectivity index (χ0v) is 7.51. The number of hydrogen-bond donors (Lipinski definition) is 2. The van der Waals surface area contributed by atoms with Gasteiger partial charge < -0.3 is 19.7 Å². The molecule has 0 aromatic rings. The third-order valence-electron chi connectivity index (χ3n) is 1.98. The fraction of sp³-hybridized carbons (Fsp3) is 0.750. The minimum Gasteiger partial charge on any atom is -0.481 e. The molecular weight excluding hydrogens is 192 g/mol. The minimum absolute atomic E-state index is 0.0509. The van der Waals surface area contributed by atoms with E-state index in [4.69, 9.17) is 19.7 Å². The highest BCUT2D eigenvalue weighted by atomic mass is 16.6. The van der Waals surface area contributed by atoms with Crippen LogP contribution in [0.5, 0.6) is 0 Å². The molecule has 14 heavy (non-hydrogen) atoms. The molecule has 6 heteroatoms. The van der Waals surface area contributed by atoms with Gasteiger partial charge in [-0.05, 0) is 6.42 Å². The minimum atomic E-state index is -1.42. The van der Waals surface area contributed by atoms with E-state index in [0.29, 0.717) is 13.2 Å². The van der Waals surface area contributed by atoms with Crippen molar-refractivity contribution < 1.29 is 29.3 Å². The van der Waals surface area contributed by atoms with Crippen LogP contribution in [0.15, 0.2) is 0 Å². The summed E-state index contributed by atoms with van der Waals surface area (Å²) in [6.45, 7) is 1.12. The van der Waals surface area contributed by atoms with Crippen molar-refractivity contribution in [3.05, 3.63) is 0 Å². The van der Waals surface area contributed by atoms with Crippen molar-refractivity contribution in [1.29, 1.82) is 0 Å². The van der Waals surface area contributed by atoms with Crippen molar-refractivity contribution in [2.75, 3.05) is 19.8 Å². The Hall–Kier alpha value is -1.14. The van der Waals surface area contributed by atoms with Gasteiger partial charge in [0.05, 0.1) is 25.9 Å². The van der Waals surface area contributed by atoms with Crippen LogP contribution in [0.2, 0.25) is 0 Å². The largest absolute Gasteiger partial charge is 0.481 e. The number of rotatable bonds is 4. The second-order valence-electron chi connectivity index (χ2n) is 3.03. The molecule has 6 nitrogen and oxygen atoms in total. The molecule has 80 valence electrons. The van der Waals surface area contributed by atoms with E-state index in [0.717, 1.165) is 0 Å². The summed E-state index contributed by atoms with van der Waals surface area (Å²) in [5, 5.41) is 17.2. The molecule has 0 saturated carbocycles. The summed E-state index contributed by atoms with van der Waals surface area (Å²) in [6.07, 6.45) is -0.481. The standard InChI is InChI=1S/C8H12O6/c9-7(10)6(8(11)12)3-5-4-13-1-2-14-5/h5-6H,1-4H2,(H,9,10)(H,11,12). The molecule has 0 aromatic carbocycles. The summed E-state index contributed by atoms with van der Waals surface area (Å²) in [4.78, 5) is 21.1. The zero-order valence-electron chi connectivity index (χ0n) is 7.51. The highest BCUT2D eigenvalue weighted by molar-refractivity contribution is 5.92. The molecule has 0 radical (unpaired) electrons. The highest BCUT2D eigenvalue weighted by Gasteiger charge is 2.30. The van der Waals surface area contributed by atoms with Crippen LogP contribution in [0.3, 0.4) is 0 Å². The van der Waals surface area contributed by atoms with E-state index in [-0.39, 0.29) is 13.0 Å². The summed E-state index contributed by atoms with van der Waals surface area (Å²) >= 11 is 0. The molecular formula is C8H12O6. The lowest BCUT2D eigenvalue weighted by atomic mass is 10.0. The van der Waals surface area contributed by atoms with Gasteiger partial charge in [0.1, 0.15) is 0 Å². The molecule has 1 saturated heterocycles. The van der Waals surface area contributed by atoms with E-state index >= 15 is 0 Å². The van der Waals surface area contributed by atoms with Crippen LogP contribution in [0.4, 0.5) is 0 Å². The lowest BCUT2D eigenvalue weighted by Gasteiger charge is -2.23. The summed E-state index contributed by atoms with van der Waals surface area (Å²) in [6, 6.07) is 0. The van der Waals surface area contributed by atoms with Crippen molar-refractivity contribution in [2.24, 2.45) is 5.92 Å². The number of carbonyl (C=O) groups is 2. The molecule has 2 N–H and O–H groups in total. The van der Waals surface area contributed by atoms with Crippen molar-refractivity contribution in [3.8, 4) is 0 Å². The maximum Gasteiger partial charge on any atom is 0.317 e. The number of carboxylic acid groups (broad SMARTS) is 2. The lowest BCUT2D eigenvalue weighted by Crippen LogP contribution is -2.35. The van der Waals surface area contributed by atoms with Crippen molar-refractivity contribution in [1.82, 2.24) is 0 Å². The Labute approximate surface area is 80.4 Å². The third kappa shape index (κ3) is 2.97. The van der Waals surface area contributed by atoms with E-state index in [2.05, 4.69) is 0 Å². The molecule has 1 fully saturated rings. The molecule has 1 aliphatic heterocycles. The van der Waals surface area contributed by atoms with Crippen LogP contribution >= 0.6 is 0 Å². The first kappa shape index (κ1) is 10.9. The van der Waals surface area contributed by atoms with Gasteiger partial charge in [-0.2, -0.15) is 0 Å². The number of hydrogen-bond acceptors (Lipinski definition) is 4. The number of aliphatic carboxylic acids is 2. The van der Waals surface area contributed by atoms with Gasteiger partial charge in [-0.3, -0.25) is 9.59 Å². The molecule has 0 spiro atoms. The van der Waals surface area contributed by atoms with E-state index in [9.17, 15) is 9.59 Å². The number of ether oxygens (including phenoxy) is 2. The highest BCUT2D eigenvalue weighted by Crippen LogP contribution is 2.13. The molecule has 0 amide bonds. The van der Waals surface area contributed by atoms with Crippen molar-refractivity contribution in [2.45, 2.75) is 12.5 Å². The summed E-state index contributed by atoms with van der Waals surface area (Å²) in [5.41, 5.74) is 0. The van der Waals surface area contributed by atoms with Gasteiger partial charge in [0.2, 0.25) is 0 Å². The average Bonchev–Trinajstić information content (AvgIpc) is 2.15. The predicted molar refractivity (Wildman–Crippen MR) is 43.9 cm³/mol. The Morgan fingerprint density at radius 3 is 2.36 bits per heavy atom. The normalized spacial score (nSPS) is 22.2. The quantitative estimate of drug-likeness (QED) is 0.604. The summed E-state index contributed by atoms with van der Waals surface area (Å²) < 4.78 is 10.2. The van der Waals surface area contributed by atoms with Gasteiger partial charge in [0.15, 0.2) is 5.92 Å². The van der Waals surface area contributed by atoms with E-state index < -0.39 is 24.0 Å². The van der Waals surface area contributed by atoms with E-state index in [1.807, 2.05) is 0 Å². The van der Waals surface area contributed by atoms with Gasteiger partial charge in [0, 0.05) is 0 Å². The predicted octanol–water partition coefficient (Wildman–Crippen LogP) is -0.423. The van der Waals surface area contributed by atoms with Gasteiger partial charge in [-0.25, -0.2) is 0 Å². The van der Waals surface area contributed by atoms with Crippen molar-refractivity contribution >= 4 is 11.9 Å². The Bertz CT molecular complexity index is 206. The number of carboxylic acids is 2. The Morgan fingerprint density at radius 1 is 1.29 bits per heavy atom. The SMILES string of the molecule is O=C(O)C(CC1COCCO1)C(=O)O. The van der Waals surface area contributed by atoms with Crippen LogP contribution in [0, 0.1) is 5.92 Å².